The molecule has 118 valence electrons. The van der Waals surface area contributed by atoms with Crippen molar-refractivity contribution in [3.05, 3.63) is 73.3 Å². The zero-order chi connectivity index (χ0) is 16.6. The van der Waals surface area contributed by atoms with Crippen molar-refractivity contribution in [1.82, 2.24) is 9.13 Å². The molecule has 0 saturated carbocycles. The fourth-order valence-electron chi connectivity index (χ4n) is 2.44. The van der Waals surface area contributed by atoms with Crippen LogP contribution in [0, 0.1) is 0 Å². The van der Waals surface area contributed by atoms with E-state index in [2.05, 4.69) is 0 Å². The Balaban J connectivity index is 2.21. The third kappa shape index (κ3) is 2.46. The maximum absolute atomic E-state index is 12.3. The number of aromatic nitrogens is 2. The molecule has 0 unspecified atom stereocenters. The number of benzene rings is 1. The van der Waals surface area contributed by atoms with Crippen molar-refractivity contribution in [2.24, 2.45) is 7.05 Å². The van der Waals surface area contributed by atoms with E-state index in [-0.39, 0.29) is 23.5 Å². The summed E-state index contributed by atoms with van der Waals surface area (Å²) in [5.74, 6) is 0.339. The van der Waals surface area contributed by atoms with Gasteiger partial charge in [-0.25, -0.2) is 0 Å². The van der Waals surface area contributed by atoms with Crippen molar-refractivity contribution < 1.29 is 9.15 Å². The number of ether oxygens (including phenoxy) is 1. The molecule has 2 heterocycles. The van der Waals surface area contributed by atoms with Gasteiger partial charge in [-0.1, -0.05) is 12.1 Å². The molecule has 7 nitrogen and oxygen atoms in total. The first-order valence-electron chi connectivity index (χ1n) is 6.87. The summed E-state index contributed by atoms with van der Waals surface area (Å²) in [5, 5.41) is 0. The van der Waals surface area contributed by atoms with Gasteiger partial charge in [0.2, 0.25) is 11.2 Å². The lowest BCUT2D eigenvalue weighted by Gasteiger charge is -2.12. The summed E-state index contributed by atoms with van der Waals surface area (Å²) in [6.07, 6.45) is 1.19. The number of aryl methyl sites for hydroxylation is 1. The Kier molecular flexibility index (Phi) is 3.61. The van der Waals surface area contributed by atoms with E-state index in [1.807, 2.05) is 0 Å². The molecule has 0 spiro atoms. The van der Waals surface area contributed by atoms with Gasteiger partial charge in [0.1, 0.15) is 12.0 Å². The number of para-hydroxylation sites is 2. The highest BCUT2D eigenvalue weighted by molar-refractivity contribution is 5.75. The Bertz CT molecular complexity index is 1060. The molecular formula is C16H14N2O5. The van der Waals surface area contributed by atoms with Crippen LogP contribution in [0.1, 0.15) is 5.76 Å². The fraction of sp³-hybridized carbons (Fsp3) is 0.188. The summed E-state index contributed by atoms with van der Waals surface area (Å²) in [7, 11) is 2.91. The average molecular weight is 314 g/mol. The van der Waals surface area contributed by atoms with Crippen molar-refractivity contribution in [3.8, 4) is 5.75 Å². The predicted octanol–water partition coefficient (Wildman–Crippen LogP) is 0.710. The van der Waals surface area contributed by atoms with Gasteiger partial charge in [-0.15, -0.1) is 0 Å². The average Bonchev–Trinajstić information content (AvgIpc) is 2.57. The van der Waals surface area contributed by atoms with Crippen LogP contribution in [0.25, 0.3) is 11.0 Å². The second-order valence-electron chi connectivity index (χ2n) is 5.02. The van der Waals surface area contributed by atoms with Crippen molar-refractivity contribution in [3.63, 3.8) is 0 Å². The lowest BCUT2D eigenvalue weighted by molar-refractivity contribution is 0.376. The van der Waals surface area contributed by atoms with Crippen LogP contribution in [0.15, 0.2) is 55.4 Å². The highest BCUT2D eigenvalue weighted by atomic mass is 16.5. The van der Waals surface area contributed by atoms with Crippen LogP contribution >= 0.6 is 0 Å². The van der Waals surface area contributed by atoms with Gasteiger partial charge in [0.15, 0.2) is 0 Å². The minimum Gasteiger partial charge on any atom is -0.490 e. The molecule has 0 radical (unpaired) electrons. The minimum absolute atomic E-state index is 0.0192. The van der Waals surface area contributed by atoms with E-state index in [1.165, 1.54) is 28.6 Å². The number of methoxy groups -OCH3 is 1. The minimum atomic E-state index is -0.676. The molecule has 0 fully saturated rings. The molecule has 0 aliphatic heterocycles. The van der Waals surface area contributed by atoms with Gasteiger partial charge < -0.3 is 13.7 Å². The van der Waals surface area contributed by atoms with Gasteiger partial charge in [0.25, 0.3) is 0 Å². The topological polar surface area (TPSA) is 83.4 Å². The zero-order valence-corrected chi connectivity index (χ0v) is 12.6. The van der Waals surface area contributed by atoms with Crippen molar-refractivity contribution >= 4 is 11.0 Å². The first-order valence-corrected chi connectivity index (χ1v) is 6.87. The number of hydrogen-bond donors (Lipinski definition) is 0. The number of fused-ring (bicyclic) bond motifs is 1. The smallest absolute Gasteiger partial charge is 0.317 e. The van der Waals surface area contributed by atoms with E-state index >= 15 is 0 Å². The van der Waals surface area contributed by atoms with Gasteiger partial charge in [-0.3, -0.25) is 19.0 Å². The second-order valence-corrected chi connectivity index (χ2v) is 5.02. The molecular weight excluding hydrogens is 300 g/mol. The fourth-order valence-corrected chi connectivity index (χ4v) is 2.44. The molecule has 1 aromatic carbocycles. The molecule has 0 atom stereocenters. The van der Waals surface area contributed by atoms with Crippen molar-refractivity contribution in [2.75, 3.05) is 7.11 Å². The van der Waals surface area contributed by atoms with E-state index in [1.54, 1.807) is 31.3 Å². The molecule has 0 amide bonds. The third-order valence-corrected chi connectivity index (χ3v) is 3.65. The Labute approximate surface area is 130 Å². The van der Waals surface area contributed by atoms with Gasteiger partial charge >= 0.3 is 11.1 Å². The SMILES string of the molecule is COc1coc(Cn2c(=O)c(=O)n(C)c3ccccc32)cc1=O. The predicted molar refractivity (Wildman–Crippen MR) is 84.1 cm³/mol. The van der Waals surface area contributed by atoms with Gasteiger partial charge in [-0.2, -0.15) is 0 Å². The molecule has 0 N–H and O–H groups in total. The Hall–Kier alpha value is -3.09. The van der Waals surface area contributed by atoms with E-state index in [4.69, 9.17) is 9.15 Å². The van der Waals surface area contributed by atoms with E-state index in [0.29, 0.717) is 11.0 Å². The van der Waals surface area contributed by atoms with Gasteiger partial charge in [-0.05, 0) is 12.1 Å². The maximum Gasteiger partial charge on any atom is 0.317 e. The molecule has 0 saturated heterocycles. The van der Waals surface area contributed by atoms with Crippen LogP contribution in [0.3, 0.4) is 0 Å². The molecule has 3 aromatic rings. The van der Waals surface area contributed by atoms with Crippen LogP contribution in [0.5, 0.6) is 5.75 Å². The largest absolute Gasteiger partial charge is 0.490 e. The highest BCUT2D eigenvalue weighted by Crippen LogP contribution is 2.12. The first kappa shape index (κ1) is 14.8. The normalized spacial score (nSPS) is 10.9. The summed E-state index contributed by atoms with van der Waals surface area (Å²) in [6.45, 7) is -0.0192. The van der Waals surface area contributed by atoms with E-state index < -0.39 is 11.1 Å². The summed E-state index contributed by atoms with van der Waals surface area (Å²) in [5.41, 5.74) is -0.467. The summed E-state index contributed by atoms with van der Waals surface area (Å²) in [6, 6.07) is 8.28. The molecule has 7 heteroatoms. The van der Waals surface area contributed by atoms with Crippen molar-refractivity contribution in [1.29, 1.82) is 0 Å². The number of nitrogens with zero attached hydrogens (tertiary/aromatic N) is 2. The Morgan fingerprint density at radius 2 is 1.78 bits per heavy atom. The van der Waals surface area contributed by atoms with E-state index in [9.17, 15) is 14.4 Å². The summed E-state index contributed by atoms with van der Waals surface area (Å²) >= 11 is 0. The number of rotatable bonds is 3. The van der Waals surface area contributed by atoms with Crippen LogP contribution in [0.4, 0.5) is 0 Å². The monoisotopic (exact) mass is 314 g/mol. The number of hydrogen-bond acceptors (Lipinski definition) is 5. The maximum atomic E-state index is 12.3. The Morgan fingerprint density at radius 3 is 2.43 bits per heavy atom. The van der Waals surface area contributed by atoms with Crippen LogP contribution < -0.4 is 21.3 Å². The summed E-state index contributed by atoms with van der Waals surface area (Å²) in [4.78, 5) is 36.2. The molecule has 23 heavy (non-hydrogen) atoms. The lowest BCUT2D eigenvalue weighted by Crippen LogP contribution is -2.40. The van der Waals surface area contributed by atoms with Gasteiger partial charge in [0, 0.05) is 13.1 Å². The lowest BCUT2D eigenvalue weighted by atomic mass is 10.2. The van der Waals surface area contributed by atoms with Crippen molar-refractivity contribution in [2.45, 2.75) is 6.54 Å². The third-order valence-electron chi connectivity index (χ3n) is 3.65. The van der Waals surface area contributed by atoms with Crippen LogP contribution in [-0.4, -0.2) is 16.2 Å². The van der Waals surface area contributed by atoms with Gasteiger partial charge in [0.05, 0.1) is 24.7 Å². The van der Waals surface area contributed by atoms with Crippen LogP contribution in [-0.2, 0) is 13.6 Å². The summed E-state index contributed by atoms with van der Waals surface area (Å²) < 4.78 is 12.8. The van der Waals surface area contributed by atoms with E-state index in [0.717, 1.165) is 0 Å². The molecule has 3 rings (SSSR count). The zero-order valence-electron chi connectivity index (χ0n) is 12.6. The molecule has 2 aromatic heterocycles. The second kappa shape index (κ2) is 5.60. The molecule has 0 bridgehead atoms. The highest BCUT2D eigenvalue weighted by Gasteiger charge is 2.12. The quantitative estimate of drug-likeness (QED) is 0.665. The van der Waals surface area contributed by atoms with Crippen LogP contribution in [0.2, 0.25) is 0 Å². The molecule has 0 aliphatic carbocycles. The molecule has 0 aliphatic rings. The standard InChI is InChI=1S/C16H14N2O5/c1-17-11-5-3-4-6-12(11)18(16(21)15(17)20)8-10-7-13(19)14(22-2)9-23-10/h3-7,9H,8H2,1-2H3. The Morgan fingerprint density at radius 1 is 1.09 bits per heavy atom. The first-order chi connectivity index (χ1) is 11.0.